The second-order valence-electron chi connectivity index (χ2n) is 17.0. The quantitative estimate of drug-likeness (QED) is 0.167. The lowest BCUT2D eigenvalue weighted by Gasteiger charge is -2.12. The Labute approximate surface area is 383 Å². The molecular weight excluding hydrogens is 823 g/mol. The number of fused-ring (bicyclic) bond motifs is 10. The van der Waals surface area contributed by atoms with Crippen LogP contribution >= 0.6 is 11.3 Å². The minimum atomic E-state index is 0.903. The van der Waals surface area contributed by atoms with E-state index in [1.54, 1.807) is 11.3 Å². The molecule has 66 heavy (non-hydrogen) atoms. The Bertz CT molecular complexity index is 3900. The molecule has 0 spiro atoms. The summed E-state index contributed by atoms with van der Waals surface area (Å²) < 4.78 is 12.3. The molecule has 0 unspecified atom stereocenters. The lowest BCUT2D eigenvalue weighted by molar-refractivity contribution is 0.670. The summed E-state index contributed by atoms with van der Waals surface area (Å²) in [6.45, 7) is 0. The number of benzene rings is 10. The number of furan rings is 1. The largest absolute Gasteiger partial charge is 0.455 e. The number of rotatable bonds is 6. The summed E-state index contributed by atoms with van der Waals surface area (Å²) >= 11 is 1.76. The average Bonchev–Trinajstić information content (AvgIpc) is 4.16. The highest BCUT2D eigenvalue weighted by molar-refractivity contribution is 7.22. The molecule has 0 saturated heterocycles. The summed E-state index contributed by atoms with van der Waals surface area (Å²) in [5.74, 6) is 0. The molecule has 0 saturated carbocycles. The molecule has 0 amide bonds. The molecule has 4 aromatic heterocycles. The van der Waals surface area contributed by atoms with Crippen molar-refractivity contribution in [2.75, 3.05) is 0 Å². The monoisotopic (exact) mass is 859 g/mol. The maximum absolute atomic E-state index is 6.42. The van der Waals surface area contributed by atoms with Gasteiger partial charge >= 0.3 is 0 Å². The molecule has 0 aliphatic heterocycles. The Hall–Kier alpha value is -8.51. The first kappa shape index (κ1) is 36.9. The highest BCUT2D eigenvalue weighted by atomic mass is 32.1. The zero-order valence-corrected chi connectivity index (χ0v) is 36.3. The molecule has 0 aliphatic rings. The fraction of sp³-hybridized carbons (Fsp3) is 0. The van der Waals surface area contributed by atoms with Crippen LogP contribution < -0.4 is 0 Å². The molecule has 4 nitrogen and oxygen atoms in total. The van der Waals surface area contributed by atoms with E-state index < -0.39 is 0 Å². The molecule has 10 aromatic carbocycles. The van der Waals surface area contributed by atoms with Gasteiger partial charge in [0.2, 0.25) is 0 Å². The van der Waals surface area contributed by atoms with Crippen LogP contribution in [0.2, 0.25) is 0 Å². The molecule has 4 heterocycles. The fourth-order valence-electron chi connectivity index (χ4n) is 10.3. The van der Waals surface area contributed by atoms with Gasteiger partial charge in [0.15, 0.2) is 0 Å². The topological polar surface area (TPSA) is 35.9 Å². The van der Waals surface area contributed by atoms with Crippen LogP contribution in [-0.2, 0) is 0 Å². The fourth-order valence-corrected chi connectivity index (χ4v) is 11.5. The molecule has 5 heteroatoms. The lowest BCUT2D eigenvalue weighted by Crippen LogP contribution is -1.94. The lowest BCUT2D eigenvalue weighted by atomic mass is 9.98. The molecule has 0 bridgehead atoms. The van der Waals surface area contributed by atoms with E-state index >= 15 is 0 Å². The first-order valence-electron chi connectivity index (χ1n) is 22.4. The van der Waals surface area contributed by atoms with E-state index in [1.807, 2.05) is 12.1 Å². The van der Waals surface area contributed by atoms with E-state index in [9.17, 15) is 0 Å². The molecular formula is C61H37N3OS. The number of thiazole rings is 1. The second-order valence-corrected chi connectivity index (χ2v) is 18.0. The van der Waals surface area contributed by atoms with Crippen molar-refractivity contribution in [2.24, 2.45) is 0 Å². The van der Waals surface area contributed by atoms with Crippen molar-refractivity contribution in [3.05, 3.63) is 224 Å². The van der Waals surface area contributed by atoms with E-state index in [2.05, 4.69) is 221 Å². The molecule has 308 valence electrons. The minimum absolute atomic E-state index is 0.903. The van der Waals surface area contributed by atoms with Gasteiger partial charge in [0.25, 0.3) is 0 Å². The second kappa shape index (κ2) is 14.5. The number of para-hydroxylation sites is 6. The SMILES string of the molecule is c1ccc2c(c1)oc1c(-c3ccc(-c4nc5c(-c6ccc(-n7c8ccccc8c8ccccc87)cc6)ccc(-c6ccc(-n7c8ccccc8c8ccccc87)cc6)c5s4)cc3)cccc12. The van der Waals surface area contributed by atoms with Crippen molar-refractivity contribution in [1.29, 1.82) is 0 Å². The van der Waals surface area contributed by atoms with Gasteiger partial charge in [-0.05, 0) is 71.3 Å². The number of hydrogen-bond acceptors (Lipinski definition) is 3. The molecule has 0 fully saturated rings. The Morgan fingerprint density at radius 2 is 0.758 bits per heavy atom. The van der Waals surface area contributed by atoms with Gasteiger partial charge in [-0.3, -0.25) is 0 Å². The van der Waals surface area contributed by atoms with Crippen LogP contribution in [0.15, 0.2) is 229 Å². The zero-order chi connectivity index (χ0) is 43.3. The summed E-state index contributed by atoms with van der Waals surface area (Å²) in [6, 6.07) is 80.8. The highest BCUT2D eigenvalue weighted by Crippen LogP contribution is 2.44. The van der Waals surface area contributed by atoms with Gasteiger partial charge in [0.1, 0.15) is 16.2 Å². The third-order valence-electron chi connectivity index (χ3n) is 13.4. The predicted octanol–water partition coefficient (Wildman–Crippen LogP) is 17.1. The number of hydrogen-bond donors (Lipinski definition) is 0. The predicted molar refractivity (Wildman–Crippen MR) is 277 cm³/mol. The Morgan fingerprint density at radius 1 is 0.333 bits per heavy atom. The van der Waals surface area contributed by atoms with Gasteiger partial charge in [-0.1, -0.05) is 170 Å². The van der Waals surface area contributed by atoms with Crippen molar-refractivity contribution in [3.8, 4) is 55.3 Å². The van der Waals surface area contributed by atoms with Crippen molar-refractivity contribution < 1.29 is 4.42 Å². The van der Waals surface area contributed by atoms with Crippen LogP contribution in [0.5, 0.6) is 0 Å². The summed E-state index contributed by atoms with van der Waals surface area (Å²) in [5, 5.41) is 8.28. The van der Waals surface area contributed by atoms with E-state index in [1.165, 1.54) is 49.2 Å². The van der Waals surface area contributed by atoms with Crippen molar-refractivity contribution in [3.63, 3.8) is 0 Å². The Balaban J connectivity index is 0.891. The van der Waals surface area contributed by atoms with E-state index in [0.29, 0.717) is 0 Å². The van der Waals surface area contributed by atoms with Crippen LogP contribution in [-0.4, -0.2) is 14.1 Å². The van der Waals surface area contributed by atoms with Gasteiger partial charge in [0, 0.05) is 65.9 Å². The van der Waals surface area contributed by atoms with Gasteiger partial charge < -0.3 is 13.6 Å². The van der Waals surface area contributed by atoms with Crippen LogP contribution in [0, 0.1) is 0 Å². The summed E-state index contributed by atoms with van der Waals surface area (Å²) in [6.07, 6.45) is 0. The van der Waals surface area contributed by atoms with Gasteiger partial charge in [-0.15, -0.1) is 11.3 Å². The van der Waals surface area contributed by atoms with Crippen LogP contribution in [0.3, 0.4) is 0 Å². The van der Waals surface area contributed by atoms with Gasteiger partial charge in [-0.25, -0.2) is 4.98 Å². The average molecular weight is 860 g/mol. The molecule has 14 aromatic rings. The smallest absolute Gasteiger partial charge is 0.143 e. The number of aromatic nitrogens is 3. The van der Waals surface area contributed by atoms with Gasteiger partial charge in [-0.2, -0.15) is 0 Å². The number of nitrogens with zero attached hydrogens (tertiary/aromatic N) is 3. The van der Waals surface area contributed by atoms with E-state index in [4.69, 9.17) is 9.40 Å². The zero-order valence-electron chi connectivity index (χ0n) is 35.5. The summed E-state index contributed by atoms with van der Waals surface area (Å²) in [5.41, 5.74) is 17.7. The third kappa shape index (κ3) is 5.60. The van der Waals surface area contributed by atoms with Crippen molar-refractivity contribution in [1.82, 2.24) is 14.1 Å². The highest BCUT2D eigenvalue weighted by Gasteiger charge is 2.19. The summed E-state index contributed by atoms with van der Waals surface area (Å²) in [7, 11) is 0. The van der Waals surface area contributed by atoms with E-state index in [-0.39, 0.29) is 0 Å². The normalized spacial score (nSPS) is 11.9. The summed E-state index contributed by atoms with van der Waals surface area (Å²) in [4.78, 5) is 5.50. The Kier molecular flexibility index (Phi) is 8.12. The van der Waals surface area contributed by atoms with Gasteiger partial charge in [0.05, 0.1) is 32.3 Å². The molecule has 14 rings (SSSR count). The van der Waals surface area contributed by atoms with Crippen molar-refractivity contribution >= 4 is 87.1 Å². The first-order chi connectivity index (χ1) is 32.7. The molecule has 0 N–H and O–H groups in total. The van der Waals surface area contributed by atoms with Crippen LogP contribution in [0.4, 0.5) is 0 Å². The standard InChI is InChI=1S/C61H37N3OS/c1-6-19-53-47(12-1)48-13-2-7-20-54(48)63(53)42-32-28-38(29-33-42)44-36-37-46(40-30-34-43(35-31-40)64-55-21-8-3-14-49(55)50-15-4-9-22-56(50)64)60-58(44)62-61(66-60)41-26-24-39(25-27-41)45-17-11-18-52-51-16-5-10-23-57(51)65-59(45)52/h1-37H. The molecule has 0 aliphatic carbocycles. The van der Waals surface area contributed by atoms with Crippen LogP contribution in [0.25, 0.3) is 131 Å². The minimum Gasteiger partial charge on any atom is -0.455 e. The Morgan fingerprint density at radius 3 is 1.32 bits per heavy atom. The molecule has 0 radical (unpaired) electrons. The van der Waals surface area contributed by atoms with Crippen LogP contribution in [0.1, 0.15) is 0 Å². The van der Waals surface area contributed by atoms with E-state index in [0.717, 1.165) is 81.9 Å². The first-order valence-corrected chi connectivity index (χ1v) is 23.2. The van der Waals surface area contributed by atoms with Crippen molar-refractivity contribution in [2.45, 2.75) is 0 Å². The third-order valence-corrected chi connectivity index (χ3v) is 14.6. The maximum Gasteiger partial charge on any atom is 0.143 e. The molecule has 0 atom stereocenters. The maximum atomic E-state index is 6.42.